The Morgan fingerprint density at radius 3 is 3.00 bits per heavy atom. The number of hydrogen-bond donors (Lipinski definition) is 2. The molecule has 6 heteroatoms. The van der Waals surface area contributed by atoms with E-state index in [1.165, 1.54) is 4.88 Å². The molecule has 1 aromatic rings. The number of nitrogens with one attached hydrogen (secondary N) is 1. The first-order valence-corrected chi connectivity index (χ1v) is 7.90. The molecule has 0 radical (unpaired) electrons. The van der Waals surface area contributed by atoms with E-state index < -0.39 is 0 Å². The zero-order chi connectivity index (χ0) is 14.5. The largest absolute Gasteiger partial charge is 0.364 e. The fourth-order valence-corrected chi connectivity index (χ4v) is 3.18. The van der Waals surface area contributed by atoms with Gasteiger partial charge in [-0.2, -0.15) is 0 Å². The molecular formula is C14H23N3O2S. The first kappa shape index (κ1) is 15.4. The van der Waals surface area contributed by atoms with Crippen LogP contribution in [0.4, 0.5) is 0 Å². The van der Waals surface area contributed by atoms with Crippen LogP contribution in [0.2, 0.25) is 0 Å². The monoisotopic (exact) mass is 297 g/mol. The maximum atomic E-state index is 11.5. The van der Waals surface area contributed by atoms with Crippen LogP contribution in [0.5, 0.6) is 0 Å². The van der Waals surface area contributed by atoms with Gasteiger partial charge in [-0.05, 0) is 38.1 Å². The van der Waals surface area contributed by atoms with Gasteiger partial charge in [0.25, 0.3) is 5.91 Å². The number of nitrogens with two attached hydrogens (primary N) is 1. The normalized spacial score (nSPS) is 22.6. The Bertz CT molecular complexity index is 422. The molecule has 0 aliphatic carbocycles. The summed E-state index contributed by atoms with van der Waals surface area (Å²) >= 11 is 1.77. The van der Waals surface area contributed by atoms with E-state index in [9.17, 15) is 4.79 Å². The molecule has 1 aliphatic heterocycles. The van der Waals surface area contributed by atoms with Gasteiger partial charge in [0, 0.05) is 24.0 Å². The van der Waals surface area contributed by atoms with E-state index in [0.29, 0.717) is 6.04 Å². The summed E-state index contributed by atoms with van der Waals surface area (Å²) in [5, 5.41) is 2.10. The van der Waals surface area contributed by atoms with Crippen molar-refractivity contribution in [1.29, 1.82) is 0 Å². The molecule has 20 heavy (non-hydrogen) atoms. The number of hydrazine groups is 1. The molecule has 112 valence electrons. The molecular weight excluding hydrogens is 274 g/mol. The number of rotatable bonds is 6. The second-order valence-corrected chi connectivity index (χ2v) is 6.47. The third kappa shape index (κ3) is 4.02. The van der Waals surface area contributed by atoms with Gasteiger partial charge in [0.2, 0.25) is 0 Å². The van der Waals surface area contributed by atoms with Crippen molar-refractivity contribution in [2.75, 3.05) is 6.54 Å². The minimum Gasteiger partial charge on any atom is -0.364 e. The summed E-state index contributed by atoms with van der Waals surface area (Å²) in [5.74, 6) is 4.93. The van der Waals surface area contributed by atoms with Crippen molar-refractivity contribution in [3.05, 3.63) is 22.4 Å². The number of nitrogens with zero attached hydrogens (tertiary/aromatic N) is 1. The van der Waals surface area contributed by atoms with E-state index in [-0.39, 0.29) is 18.1 Å². The quantitative estimate of drug-likeness (QED) is 0.474. The maximum Gasteiger partial charge on any atom is 0.263 e. The van der Waals surface area contributed by atoms with E-state index in [1.807, 2.05) is 0 Å². The highest BCUT2D eigenvalue weighted by Gasteiger charge is 2.31. The summed E-state index contributed by atoms with van der Waals surface area (Å²) in [6.07, 6.45) is 1.38. The molecule has 0 spiro atoms. The van der Waals surface area contributed by atoms with Gasteiger partial charge in [-0.15, -0.1) is 11.3 Å². The Kier molecular flexibility index (Phi) is 5.54. The average Bonchev–Trinajstić information content (AvgIpc) is 3.08. The fourth-order valence-electron chi connectivity index (χ4n) is 2.45. The van der Waals surface area contributed by atoms with Gasteiger partial charge in [0.05, 0.1) is 6.10 Å². The lowest BCUT2D eigenvalue weighted by molar-refractivity contribution is -0.132. The molecule has 0 bridgehead atoms. The highest BCUT2D eigenvalue weighted by Crippen LogP contribution is 2.22. The molecule has 2 atom stereocenters. The highest BCUT2D eigenvalue weighted by molar-refractivity contribution is 7.09. The molecule has 1 amide bonds. The molecule has 1 fully saturated rings. The number of ether oxygens (including phenoxy) is 1. The molecule has 1 aromatic heterocycles. The van der Waals surface area contributed by atoms with Crippen molar-refractivity contribution < 1.29 is 9.53 Å². The molecule has 1 aliphatic rings. The zero-order valence-corrected chi connectivity index (χ0v) is 12.9. The smallest absolute Gasteiger partial charge is 0.263 e. The van der Waals surface area contributed by atoms with Crippen LogP contribution in [0.3, 0.4) is 0 Å². The SMILES string of the molecule is CC(C)N(Cc1cccs1)CC1CCC(C(=O)NN)O1. The van der Waals surface area contributed by atoms with Gasteiger partial charge in [-0.1, -0.05) is 6.07 Å². The predicted molar refractivity (Wildman–Crippen MR) is 80.1 cm³/mol. The van der Waals surface area contributed by atoms with Crippen molar-refractivity contribution in [3.8, 4) is 0 Å². The van der Waals surface area contributed by atoms with E-state index in [4.69, 9.17) is 10.6 Å². The van der Waals surface area contributed by atoms with Crippen LogP contribution in [0.25, 0.3) is 0 Å². The lowest BCUT2D eigenvalue weighted by Crippen LogP contribution is -2.41. The number of carbonyl (C=O) groups excluding carboxylic acids is 1. The summed E-state index contributed by atoms with van der Waals surface area (Å²) < 4.78 is 5.78. The maximum absolute atomic E-state index is 11.5. The first-order valence-electron chi connectivity index (χ1n) is 7.02. The minimum absolute atomic E-state index is 0.111. The van der Waals surface area contributed by atoms with Gasteiger partial charge in [0.1, 0.15) is 6.10 Å². The number of thiophene rings is 1. The molecule has 3 N–H and O–H groups in total. The van der Waals surface area contributed by atoms with Gasteiger partial charge in [0.15, 0.2) is 0 Å². The predicted octanol–water partition coefficient (Wildman–Crippen LogP) is 1.50. The van der Waals surface area contributed by atoms with Crippen LogP contribution < -0.4 is 11.3 Å². The molecule has 0 saturated carbocycles. The first-order chi connectivity index (χ1) is 9.60. The lowest BCUT2D eigenvalue weighted by atomic mass is 10.1. The second-order valence-electron chi connectivity index (χ2n) is 5.44. The molecule has 1 saturated heterocycles. The molecule has 0 aromatic carbocycles. The van der Waals surface area contributed by atoms with Crippen LogP contribution in [0, 0.1) is 0 Å². The summed E-state index contributed by atoms with van der Waals surface area (Å²) in [7, 11) is 0. The van der Waals surface area contributed by atoms with Gasteiger partial charge in [-0.3, -0.25) is 15.1 Å². The lowest BCUT2D eigenvalue weighted by Gasteiger charge is -2.28. The zero-order valence-electron chi connectivity index (χ0n) is 12.0. The van der Waals surface area contributed by atoms with Gasteiger partial charge >= 0.3 is 0 Å². The number of hydrogen-bond acceptors (Lipinski definition) is 5. The van der Waals surface area contributed by atoms with E-state index >= 15 is 0 Å². The number of amides is 1. The average molecular weight is 297 g/mol. The van der Waals surface area contributed by atoms with Crippen molar-refractivity contribution >= 4 is 17.2 Å². The van der Waals surface area contributed by atoms with Crippen molar-refractivity contribution in [2.24, 2.45) is 5.84 Å². The Hall–Kier alpha value is -0.950. The Balaban J connectivity index is 1.88. The summed E-state index contributed by atoms with van der Waals surface area (Å²) in [4.78, 5) is 15.2. The standard InChI is InChI=1S/C14H23N3O2S/c1-10(2)17(9-12-4-3-7-20-12)8-11-5-6-13(19-11)14(18)16-15/h3-4,7,10-11,13H,5-6,8-9,15H2,1-2H3,(H,16,18). The Morgan fingerprint density at radius 1 is 1.60 bits per heavy atom. The van der Waals surface area contributed by atoms with E-state index in [2.05, 4.69) is 41.7 Å². The van der Waals surface area contributed by atoms with Gasteiger partial charge < -0.3 is 4.74 Å². The van der Waals surface area contributed by atoms with E-state index in [1.54, 1.807) is 11.3 Å². The third-order valence-electron chi connectivity index (χ3n) is 3.65. The van der Waals surface area contributed by atoms with Gasteiger partial charge in [-0.25, -0.2) is 5.84 Å². The Morgan fingerprint density at radius 2 is 2.40 bits per heavy atom. The number of carbonyl (C=O) groups is 1. The molecule has 5 nitrogen and oxygen atoms in total. The minimum atomic E-state index is -0.388. The Labute approximate surface area is 124 Å². The highest BCUT2D eigenvalue weighted by atomic mass is 32.1. The van der Waals surface area contributed by atoms with Crippen molar-refractivity contribution in [3.63, 3.8) is 0 Å². The molecule has 2 unspecified atom stereocenters. The fraction of sp³-hybridized carbons (Fsp3) is 0.643. The van der Waals surface area contributed by atoms with Crippen molar-refractivity contribution in [2.45, 2.75) is 51.5 Å². The van der Waals surface area contributed by atoms with Crippen LogP contribution in [-0.2, 0) is 16.1 Å². The van der Waals surface area contributed by atoms with Crippen LogP contribution in [0.1, 0.15) is 31.6 Å². The topological polar surface area (TPSA) is 67.6 Å². The second kappa shape index (κ2) is 7.17. The molecule has 2 heterocycles. The molecule has 2 rings (SSSR count). The van der Waals surface area contributed by atoms with Crippen LogP contribution in [-0.4, -0.2) is 35.6 Å². The van der Waals surface area contributed by atoms with Crippen LogP contribution >= 0.6 is 11.3 Å². The summed E-state index contributed by atoms with van der Waals surface area (Å²) in [5.41, 5.74) is 2.16. The summed E-state index contributed by atoms with van der Waals surface area (Å²) in [6, 6.07) is 4.68. The van der Waals surface area contributed by atoms with E-state index in [0.717, 1.165) is 25.9 Å². The van der Waals surface area contributed by atoms with Crippen molar-refractivity contribution in [1.82, 2.24) is 10.3 Å². The van der Waals surface area contributed by atoms with Crippen LogP contribution in [0.15, 0.2) is 17.5 Å². The third-order valence-corrected chi connectivity index (χ3v) is 4.51. The summed E-state index contributed by atoms with van der Waals surface area (Å²) in [6.45, 7) is 6.16.